The maximum Gasteiger partial charge on any atom is 0.268 e. The van der Waals surface area contributed by atoms with Crippen molar-refractivity contribution >= 4 is 12.0 Å². The van der Waals surface area contributed by atoms with Crippen molar-refractivity contribution in [1.29, 1.82) is 0 Å². The average molecular weight is 512 g/mol. The summed E-state index contributed by atoms with van der Waals surface area (Å²) in [7, 11) is 1.54. The minimum atomic E-state index is -1.37. The highest BCUT2D eigenvalue weighted by Gasteiger charge is 2.58. The summed E-state index contributed by atoms with van der Waals surface area (Å²) in [6.45, 7) is 2.21. The Hall–Kier alpha value is -2.95. The number of aliphatic hydroxyl groups excluding tert-OH is 2. The van der Waals surface area contributed by atoms with Crippen molar-refractivity contribution < 1.29 is 38.7 Å². The van der Waals surface area contributed by atoms with Crippen LogP contribution >= 0.6 is 0 Å². The van der Waals surface area contributed by atoms with Gasteiger partial charge in [-0.2, -0.15) is 0 Å². The normalized spacial score (nSPS) is 33.6. The average Bonchev–Trinajstić information content (AvgIpc) is 2.93. The molecule has 1 amide bonds. The predicted octanol–water partition coefficient (Wildman–Crippen LogP) is 2.36. The lowest BCUT2D eigenvalue weighted by Gasteiger charge is -2.54. The molecule has 0 bridgehead atoms. The molecule has 9 nitrogen and oxygen atoms in total. The number of hydrogen-bond acceptors (Lipinski definition) is 8. The van der Waals surface area contributed by atoms with Crippen LogP contribution < -0.4 is 9.47 Å². The smallest absolute Gasteiger partial charge is 0.268 e. The third-order valence-electron chi connectivity index (χ3n) is 6.95. The molecule has 5 rings (SSSR count). The maximum absolute atomic E-state index is 13.4. The number of β-lactam (4-membered cyclic amide) rings is 1. The summed E-state index contributed by atoms with van der Waals surface area (Å²) in [5.41, 5.74) is 0.944. The first-order chi connectivity index (χ1) is 18.0. The van der Waals surface area contributed by atoms with Gasteiger partial charge in [-0.3, -0.25) is 4.79 Å². The van der Waals surface area contributed by atoms with Gasteiger partial charge in [-0.1, -0.05) is 68.0 Å². The zero-order chi connectivity index (χ0) is 25.9. The van der Waals surface area contributed by atoms with Gasteiger partial charge in [-0.25, -0.2) is 0 Å². The second kappa shape index (κ2) is 11.2. The Morgan fingerprint density at radius 1 is 1.03 bits per heavy atom. The van der Waals surface area contributed by atoms with Crippen LogP contribution in [0.2, 0.25) is 0 Å². The molecule has 3 saturated heterocycles. The highest BCUT2D eigenvalue weighted by Crippen LogP contribution is 2.38. The Labute approximate surface area is 216 Å². The molecule has 37 heavy (non-hydrogen) atoms. The molecule has 3 aliphatic heterocycles. The number of amides is 1. The van der Waals surface area contributed by atoms with E-state index in [1.807, 2.05) is 55.5 Å². The minimum absolute atomic E-state index is 0.198. The number of hydrogen-bond donors (Lipinski definition) is 2. The van der Waals surface area contributed by atoms with Gasteiger partial charge in [0.05, 0.1) is 19.8 Å². The third-order valence-corrected chi connectivity index (χ3v) is 6.95. The maximum atomic E-state index is 13.4. The molecule has 2 aromatic carbocycles. The first-order valence-electron chi connectivity index (χ1n) is 12.7. The van der Waals surface area contributed by atoms with Crippen LogP contribution in [0.1, 0.15) is 25.3 Å². The molecule has 9 heteroatoms. The quantitative estimate of drug-likeness (QED) is 0.521. The first kappa shape index (κ1) is 25.7. The summed E-state index contributed by atoms with van der Waals surface area (Å²) < 4.78 is 29.2. The van der Waals surface area contributed by atoms with E-state index in [0.717, 1.165) is 12.0 Å². The van der Waals surface area contributed by atoms with Crippen molar-refractivity contribution in [2.24, 2.45) is 0 Å². The topological polar surface area (TPSA) is 107 Å². The van der Waals surface area contributed by atoms with Crippen molar-refractivity contribution in [3.05, 3.63) is 66.2 Å². The van der Waals surface area contributed by atoms with Crippen molar-refractivity contribution in [3.8, 4) is 11.5 Å². The highest BCUT2D eigenvalue weighted by atomic mass is 16.7. The van der Waals surface area contributed by atoms with Crippen LogP contribution in [0.15, 0.2) is 60.7 Å². The van der Waals surface area contributed by atoms with Crippen LogP contribution in [0.3, 0.4) is 0 Å². The highest BCUT2D eigenvalue weighted by molar-refractivity contribution is 5.90. The van der Waals surface area contributed by atoms with E-state index in [0.29, 0.717) is 17.9 Å². The van der Waals surface area contributed by atoms with E-state index in [4.69, 9.17) is 23.7 Å². The summed E-state index contributed by atoms with van der Waals surface area (Å²) in [6.07, 6.45) is -1.14. The predicted molar refractivity (Wildman–Crippen MR) is 134 cm³/mol. The number of methoxy groups -OCH3 is 1. The standard InChI is InChI=1S/C28H33NO8/c1-3-9-22-34-16-21-26(37-22)23(30)24(31)28(36-21)29-18(15-14-17-10-5-4-6-11-17)25(27(29)32)35-20-13-8-7-12-19(20)33-2/h4-8,10-15,18,21-26,28,30-31H,3,9,16H2,1-2H3/b15-14+/t18-,21+,22?,23+,24+,25+,26+,28+/m0/s1. The Kier molecular flexibility index (Phi) is 7.78. The van der Waals surface area contributed by atoms with Crippen molar-refractivity contribution in [2.45, 2.75) is 68.8 Å². The van der Waals surface area contributed by atoms with Crippen molar-refractivity contribution in [1.82, 2.24) is 4.90 Å². The molecule has 0 spiro atoms. The van der Waals surface area contributed by atoms with Gasteiger partial charge in [0.25, 0.3) is 5.91 Å². The fourth-order valence-electron chi connectivity index (χ4n) is 5.00. The molecule has 0 radical (unpaired) electrons. The summed E-state index contributed by atoms with van der Waals surface area (Å²) in [6, 6.07) is 16.2. The molecule has 0 saturated carbocycles. The van der Waals surface area contributed by atoms with Gasteiger partial charge in [0, 0.05) is 0 Å². The second-order valence-electron chi connectivity index (χ2n) is 9.39. The fraction of sp³-hybridized carbons (Fsp3) is 0.464. The Morgan fingerprint density at radius 2 is 1.76 bits per heavy atom. The van der Waals surface area contributed by atoms with Crippen molar-refractivity contribution in [3.63, 3.8) is 0 Å². The molecular weight excluding hydrogens is 478 g/mol. The van der Waals surface area contributed by atoms with E-state index in [2.05, 4.69) is 0 Å². The molecular formula is C28H33NO8. The number of ether oxygens (including phenoxy) is 5. The van der Waals surface area contributed by atoms with Gasteiger partial charge in [-0.15, -0.1) is 0 Å². The molecule has 8 atom stereocenters. The van der Waals surface area contributed by atoms with Crippen LogP contribution in [-0.4, -0.2) is 83.8 Å². The van der Waals surface area contributed by atoms with E-state index in [9.17, 15) is 15.0 Å². The SMILES string of the molecule is CCCC1OC[C@H]2O[C@@H](N3C(=O)[C@H](Oc4ccccc4OC)[C@@H]3/C=C/c3ccccc3)[C@H](O)[C@@H](O)[C@@H]2O1. The molecule has 3 heterocycles. The van der Waals surface area contributed by atoms with E-state index < -0.39 is 49.1 Å². The van der Waals surface area contributed by atoms with Crippen LogP contribution in [0, 0.1) is 0 Å². The van der Waals surface area contributed by atoms with Gasteiger partial charge >= 0.3 is 0 Å². The first-order valence-corrected chi connectivity index (χ1v) is 12.7. The van der Waals surface area contributed by atoms with Crippen LogP contribution in [0.4, 0.5) is 0 Å². The molecule has 2 aromatic rings. The Morgan fingerprint density at radius 3 is 2.49 bits per heavy atom. The summed E-state index contributed by atoms with van der Waals surface area (Å²) >= 11 is 0. The Balaban J connectivity index is 1.39. The number of carbonyl (C=O) groups excluding carboxylic acids is 1. The van der Waals surface area contributed by atoms with Gasteiger partial charge in [0.1, 0.15) is 24.4 Å². The van der Waals surface area contributed by atoms with Crippen molar-refractivity contribution in [2.75, 3.05) is 13.7 Å². The largest absolute Gasteiger partial charge is 0.493 e. The monoisotopic (exact) mass is 511 g/mol. The molecule has 198 valence electrons. The summed E-state index contributed by atoms with van der Waals surface area (Å²) in [5, 5.41) is 22.0. The van der Waals surface area contributed by atoms with E-state index in [1.165, 1.54) is 12.0 Å². The summed E-state index contributed by atoms with van der Waals surface area (Å²) in [4.78, 5) is 14.8. The lowest BCUT2D eigenvalue weighted by Crippen LogP contribution is -2.75. The Bertz CT molecular complexity index is 1090. The molecule has 3 fully saturated rings. The number of aliphatic hydroxyl groups is 2. The zero-order valence-electron chi connectivity index (χ0n) is 20.9. The molecule has 2 N–H and O–H groups in total. The van der Waals surface area contributed by atoms with Crippen LogP contribution in [0.25, 0.3) is 6.08 Å². The van der Waals surface area contributed by atoms with Gasteiger partial charge in [0.2, 0.25) is 6.10 Å². The second-order valence-corrected chi connectivity index (χ2v) is 9.39. The number of para-hydroxylation sites is 2. The lowest BCUT2D eigenvalue weighted by atomic mass is 9.90. The van der Waals surface area contributed by atoms with Gasteiger partial charge in [-0.05, 0) is 24.1 Å². The van der Waals surface area contributed by atoms with Crippen LogP contribution in [0.5, 0.6) is 11.5 Å². The van der Waals surface area contributed by atoms with Crippen LogP contribution in [-0.2, 0) is 19.0 Å². The van der Waals surface area contributed by atoms with Gasteiger partial charge < -0.3 is 38.8 Å². The molecule has 0 aliphatic carbocycles. The van der Waals surface area contributed by atoms with E-state index in [1.54, 1.807) is 18.2 Å². The van der Waals surface area contributed by atoms with E-state index >= 15 is 0 Å². The van der Waals surface area contributed by atoms with E-state index in [-0.39, 0.29) is 12.5 Å². The fourth-order valence-corrected chi connectivity index (χ4v) is 5.00. The lowest BCUT2D eigenvalue weighted by molar-refractivity contribution is -0.344. The number of carbonyl (C=O) groups is 1. The third kappa shape index (κ3) is 5.10. The number of nitrogens with zero attached hydrogens (tertiary/aromatic N) is 1. The number of fused-ring (bicyclic) bond motifs is 1. The number of benzene rings is 2. The molecule has 0 aromatic heterocycles. The minimum Gasteiger partial charge on any atom is -0.493 e. The molecule has 3 aliphatic rings. The molecule has 1 unspecified atom stereocenters. The number of rotatable bonds is 8. The van der Waals surface area contributed by atoms with Gasteiger partial charge in [0.15, 0.2) is 24.0 Å². The number of likely N-dealkylation sites (tertiary alicyclic amines) is 1. The summed E-state index contributed by atoms with van der Waals surface area (Å²) in [5.74, 6) is 0.567. The zero-order valence-corrected chi connectivity index (χ0v) is 20.9.